The van der Waals surface area contributed by atoms with E-state index < -0.39 is 0 Å². The Balaban J connectivity index is 0. The molecule has 0 bridgehead atoms. The quantitative estimate of drug-likeness (QED) is 0.166. The van der Waals surface area contributed by atoms with Gasteiger partial charge in [0.25, 0.3) is 0 Å². The predicted molar refractivity (Wildman–Crippen MR) is 110 cm³/mol. The van der Waals surface area contributed by atoms with Crippen LogP contribution in [0.2, 0.25) is 0 Å². The molecule has 0 aromatic heterocycles. The van der Waals surface area contributed by atoms with Gasteiger partial charge in [-0.25, -0.2) is 0 Å². The second-order valence-electron chi connectivity index (χ2n) is 8.32. The van der Waals surface area contributed by atoms with Crippen molar-refractivity contribution in [3.05, 3.63) is 0 Å². The topological polar surface area (TPSA) is 0 Å². The van der Waals surface area contributed by atoms with Crippen LogP contribution in [0.5, 0.6) is 0 Å². The van der Waals surface area contributed by atoms with Gasteiger partial charge in [0.05, 0.1) is 27.7 Å². The molecule has 0 aromatic rings. The summed E-state index contributed by atoms with van der Waals surface area (Å²) in [5.41, 5.74) is 0. The van der Waals surface area contributed by atoms with Gasteiger partial charge in [-0.3, -0.25) is 0 Å². The zero-order chi connectivity index (χ0) is 16.5. The fraction of sp³-hybridized carbons (Fsp3) is 1.00. The summed E-state index contributed by atoms with van der Waals surface area (Å²) in [6.45, 7) is 3.63. The number of unbranched alkanes of at least 4 members (excludes halogenated alkanes) is 15. The number of rotatable bonds is 17. The van der Waals surface area contributed by atoms with Crippen molar-refractivity contribution in [3.8, 4) is 0 Å². The number of hydrogen-bond donors (Lipinski definition) is 0. The number of quaternary nitrogens is 1. The van der Waals surface area contributed by atoms with Crippen LogP contribution in [0.15, 0.2) is 0 Å². The first kappa shape index (κ1) is 26.2. The van der Waals surface area contributed by atoms with Crippen molar-refractivity contribution in [1.82, 2.24) is 0 Å². The van der Waals surface area contributed by atoms with Crippen molar-refractivity contribution >= 4 is 29.6 Å². The molecule has 0 aromatic carbocycles. The van der Waals surface area contributed by atoms with Crippen molar-refractivity contribution in [1.29, 1.82) is 0 Å². The Kier molecular flexibility index (Phi) is 22.0. The fourth-order valence-corrected chi connectivity index (χ4v) is 3.13. The van der Waals surface area contributed by atoms with E-state index in [4.69, 9.17) is 0 Å². The van der Waals surface area contributed by atoms with E-state index in [9.17, 15) is 0 Å². The maximum atomic E-state index is 2.30. The van der Waals surface area contributed by atoms with E-state index in [1.807, 2.05) is 0 Å². The minimum absolute atomic E-state index is 0. The van der Waals surface area contributed by atoms with Gasteiger partial charge in [-0.2, -0.15) is 0 Å². The van der Waals surface area contributed by atoms with Crippen LogP contribution < -0.4 is 0 Å². The van der Waals surface area contributed by atoms with E-state index in [0.717, 1.165) is 4.48 Å². The standard InChI is InChI=1S/C21H46N.Na.H/c1-5-6-7-8-9-10-11-12-13-14-15-16-17-18-19-20-21-22(2,3)4;;/h5-21H2,1-4H3;;/q+1;;. The van der Waals surface area contributed by atoms with Crippen LogP contribution in [-0.4, -0.2) is 61.7 Å². The minimum atomic E-state index is 0. The predicted octanol–water partition coefficient (Wildman–Crippen LogP) is 6.31. The Morgan fingerprint density at radius 3 is 0.957 bits per heavy atom. The molecule has 0 saturated heterocycles. The van der Waals surface area contributed by atoms with Gasteiger partial charge in [0.2, 0.25) is 0 Å². The summed E-state index contributed by atoms with van der Waals surface area (Å²) in [5, 5.41) is 0. The normalized spacial score (nSPS) is 11.5. The Bertz CT molecular complexity index is 210. The summed E-state index contributed by atoms with van der Waals surface area (Å²) < 4.78 is 1.12. The zero-order valence-corrected chi connectivity index (χ0v) is 16.5. The van der Waals surface area contributed by atoms with Crippen LogP contribution in [0.25, 0.3) is 0 Å². The van der Waals surface area contributed by atoms with Gasteiger partial charge in [-0.15, -0.1) is 0 Å². The first-order chi connectivity index (χ1) is 10.6. The van der Waals surface area contributed by atoms with Crippen molar-refractivity contribution < 1.29 is 4.48 Å². The second-order valence-corrected chi connectivity index (χ2v) is 8.32. The van der Waals surface area contributed by atoms with E-state index in [-0.39, 0.29) is 29.6 Å². The summed E-state index contributed by atoms with van der Waals surface area (Å²) >= 11 is 0. The number of hydrogen-bond acceptors (Lipinski definition) is 0. The van der Waals surface area contributed by atoms with E-state index in [0.29, 0.717) is 0 Å². The molecule has 1 nitrogen and oxygen atoms in total. The van der Waals surface area contributed by atoms with Crippen LogP contribution in [0.1, 0.15) is 110 Å². The molecular weight excluding hydrogens is 289 g/mol. The summed E-state index contributed by atoms with van der Waals surface area (Å²) in [4.78, 5) is 0. The third kappa shape index (κ3) is 25.3. The first-order valence-corrected chi connectivity index (χ1v) is 10.4. The molecule has 0 spiro atoms. The molecule has 136 valence electrons. The van der Waals surface area contributed by atoms with E-state index >= 15 is 0 Å². The van der Waals surface area contributed by atoms with Gasteiger partial charge < -0.3 is 4.48 Å². The molecule has 0 radical (unpaired) electrons. The molecule has 0 aliphatic carbocycles. The molecule has 23 heavy (non-hydrogen) atoms. The molecule has 2 heteroatoms. The van der Waals surface area contributed by atoms with Gasteiger partial charge in [-0.05, 0) is 12.8 Å². The van der Waals surface area contributed by atoms with Gasteiger partial charge in [0.1, 0.15) is 0 Å². The maximum absolute atomic E-state index is 2.30. The molecular formula is C21H47NNa+. The van der Waals surface area contributed by atoms with Crippen LogP contribution >= 0.6 is 0 Å². The number of nitrogens with zero attached hydrogens (tertiary/aromatic N) is 1. The molecule has 0 heterocycles. The Morgan fingerprint density at radius 1 is 0.435 bits per heavy atom. The monoisotopic (exact) mass is 336 g/mol. The van der Waals surface area contributed by atoms with Crippen molar-refractivity contribution in [2.45, 2.75) is 110 Å². The third-order valence-electron chi connectivity index (χ3n) is 4.68. The molecule has 0 amide bonds. The van der Waals surface area contributed by atoms with Crippen LogP contribution in [-0.2, 0) is 0 Å². The van der Waals surface area contributed by atoms with Gasteiger partial charge >= 0.3 is 29.6 Å². The average molecular weight is 337 g/mol. The van der Waals surface area contributed by atoms with Crippen LogP contribution in [0, 0.1) is 0 Å². The zero-order valence-electron chi connectivity index (χ0n) is 16.5. The Labute approximate surface area is 170 Å². The Hall–Kier alpha value is 0.960. The molecule has 0 saturated carbocycles. The van der Waals surface area contributed by atoms with Gasteiger partial charge in [0, 0.05) is 0 Å². The summed E-state index contributed by atoms with van der Waals surface area (Å²) in [5.74, 6) is 0. The Morgan fingerprint density at radius 2 is 0.696 bits per heavy atom. The second kappa shape index (κ2) is 19.3. The molecule has 0 rings (SSSR count). The summed E-state index contributed by atoms with van der Waals surface area (Å²) in [7, 11) is 6.89. The van der Waals surface area contributed by atoms with Crippen LogP contribution in [0.4, 0.5) is 0 Å². The SMILES string of the molecule is CCCCCCCCCCCCCCCCCC[N+](C)(C)C.[NaH]. The van der Waals surface area contributed by atoms with Gasteiger partial charge in [0.15, 0.2) is 0 Å². The summed E-state index contributed by atoms with van der Waals surface area (Å²) in [6.07, 6.45) is 23.4. The van der Waals surface area contributed by atoms with Crippen molar-refractivity contribution in [2.75, 3.05) is 27.7 Å². The third-order valence-corrected chi connectivity index (χ3v) is 4.68. The van der Waals surface area contributed by atoms with E-state index in [2.05, 4.69) is 28.1 Å². The van der Waals surface area contributed by atoms with Gasteiger partial charge in [-0.1, -0.05) is 96.8 Å². The van der Waals surface area contributed by atoms with Crippen molar-refractivity contribution in [3.63, 3.8) is 0 Å². The van der Waals surface area contributed by atoms with Crippen LogP contribution in [0.3, 0.4) is 0 Å². The van der Waals surface area contributed by atoms with E-state index in [1.165, 1.54) is 109 Å². The average Bonchev–Trinajstić information content (AvgIpc) is 2.45. The summed E-state index contributed by atoms with van der Waals surface area (Å²) in [6, 6.07) is 0. The van der Waals surface area contributed by atoms with E-state index in [1.54, 1.807) is 0 Å². The molecule has 0 aliphatic heterocycles. The fourth-order valence-electron chi connectivity index (χ4n) is 3.13. The molecule has 0 N–H and O–H groups in total. The molecule has 0 unspecified atom stereocenters. The first-order valence-electron chi connectivity index (χ1n) is 10.4. The van der Waals surface area contributed by atoms with Crippen molar-refractivity contribution in [2.24, 2.45) is 0 Å². The molecule has 0 aliphatic rings. The molecule has 0 atom stereocenters. The molecule has 0 fully saturated rings.